The van der Waals surface area contributed by atoms with Gasteiger partial charge in [0.25, 0.3) is 0 Å². The second-order valence-corrected chi connectivity index (χ2v) is 7.36. The maximum absolute atomic E-state index is 13.1. The number of nitrogens with zero attached hydrogens (tertiary/aromatic N) is 1. The van der Waals surface area contributed by atoms with E-state index in [9.17, 15) is 9.59 Å². The first-order valence-corrected chi connectivity index (χ1v) is 9.11. The van der Waals surface area contributed by atoms with E-state index in [1.807, 2.05) is 37.3 Å². The fraction of sp³-hybridized carbons (Fsp3) is 0.429. The minimum Gasteiger partial charge on any atom is -0.469 e. The van der Waals surface area contributed by atoms with Crippen molar-refractivity contribution in [1.82, 2.24) is 9.88 Å². The molecule has 0 radical (unpaired) electrons. The number of nitrogens with one attached hydrogen (secondary N) is 1. The molecule has 3 atom stereocenters. The van der Waals surface area contributed by atoms with Crippen molar-refractivity contribution in [3.63, 3.8) is 0 Å². The second kappa shape index (κ2) is 7.49. The Kier molecular flexibility index (Phi) is 5.45. The van der Waals surface area contributed by atoms with Crippen LogP contribution in [0.25, 0.3) is 10.9 Å². The van der Waals surface area contributed by atoms with Crippen molar-refractivity contribution in [3.8, 4) is 0 Å². The van der Waals surface area contributed by atoms with E-state index in [0.717, 1.165) is 28.6 Å². The number of hydrogen-bond donors (Lipinski definition) is 1. The van der Waals surface area contributed by atoms with Gasteiger partial charge in [-0.2, -0.15) is 0 Å². The summed E-state index contributed by atoms with van der Waals surface area (Å²) in [6, 6.07) is 8.02. The number of carbonyl (C=O) groups is 2. The summed E-state index contributed by atoms with van der Waals surface area (Å²) in [7, 11) is 3.49. The van der Waals surface area contributed by atoms with Crippen molar-refractivity contribution in [2.75, 3.05) is 20.7 Å². The molecule has 6 heteroatoms. The lowest BCUT2D eigenvalue weighted by molar-refractivity contribution is -0.150. The van der Waals surface area contributed by atoms with Gasteiger partial charge in [-0.1, -0.05) is 29.8 Å². The highest BCUT2D eigenvalue weighted by Crippen LogP contribution is 2.41. The number of fused-ring (bicyclic) bond motifs is 5. The summed E-state index contributed by atoms with van der Waals surface area (Å²) in [6.45, 7) is 2.76. The fourth-order valence-electron chi connectivity index (χ4n) is 4.76. The van der Waals surface area contributed by atoms with E-state index in [1.54, 1.807) is 0 Å². The van der Waals surface area contributed by atoms with E-state index in [1.165, 1.54) is 7.11 Å². The number of ether oxygens (including phenoxy) is 1. The average Bonchev–Trinajstić information content (AvgIpc) is 3.01. The van der Waals surface area contributed by atoms with Crippen LogP contribution in [-0.2, 0) is 16.0 Å². The highest BCUT2D eigenvalue weighted by Gasteiger charge is 2.46. The lowest BCUT2D eigenvalue weighted by Gasteiger charge is -2.45. The molecule has 1 aliphatic carbocycles. The van der Waals surface area contributed by atoms with Gasteiger partial charge in [-0.25, -0.2) is 0 Å². The fourth-order valence-corrected chi connectivity index (χ4v) is 4.76. The molecule has 0 spiro atoms. The lowest BCUT2D eigenvalue weighted by Crippen LogP contribution is -2.54. The Morgan fingerprint density at radius 2 is 2.04 bits per heavy atom. The van der Waals surface area contributed by atoms with Gasteiger partial charge in [0, 0.05) is 35.8 Å². The number of allylic oxidation sites excluding steroid dienone is 1. The van der Waals surface area contributed by atoms with Crippen molar-refractivity contribution in [1.29, 1.82) is 0 Å². The number of H-pyrrole nitrogens is 1. The van der Waals surface area contributed by atoms with Crippen molar-refractivity contribution < 1.29 is 14.3 Å². The molecule has 1 N–H and O–H groups in total. The molecule has 2 aliphatic rings. The average molecular weight is 389 g/mol. The molecule has 1 saturated heterocycles. The van der Waals surface area contributed by atoms with Crippen LogP contribution in [0.4, 0.5) is 0 Å². The Bertz CT molecular complexity index is 917. The number of piperidine rings is 1. The number of likely N-dealkylation sites (tertiary alicyclic amines) is 1. The number of rotatable bonds is 1. The monoisotopic (exact) mass is 388 g/mol. The molecular formula is C21H25ClN2O3. The van der Waals surface area contributed by atoms with Crippen LogP contribution in [0.2, 0.25) is 0 Å². The number of ketones is 1. The van der Waals surface area contributed by atoms with Crippen molar-refractivity contribution >= 4 is 35.1 Å². The zero-order chi connectivity index (χ0) is 18.4. The van der Waals surface area contributed by atoms with E-state index >= 15 is 0 Å². The van der Waals surface area contributed by atoms with Crippen LogP contribution in [0.15, 0.2) is 35.9 Å². The summed E-state index contributed by atoms with van der Waals surface area (Å²) in [5.74, 6) is -0.559. The molecule has 144 valence electrons. The number of likely N-dealkylation sites (N-methyl/N-ethyl adjacent to an activating group) is 1. The Morgan fingerprint density at radius 1 is 1.30 bits per heavy atom. The largest absolute Gasteiger partial charge is 0.469 e. The highest BCUT2D eigenvalue weighted by molar-refractivity contribution is 6.03. The summed E-state index contributed by atoms with van der Waals surface area (Å²) in [6.07, 6.45) is 3.05. The van der Waals surface area contributed by atoms with Crippen LogP contribution in [0, 0.1) is 11.8 Å². The minimum atomic E-state index is -0.323. The number of methoxy groups -OCH3 is 1. The number of aromatic amines is 1. The SMILES string of the molecule is C/C=C1/CN(C)[C@H]2Cc3c([nH]c4ccccc34)C(=O)C[C@@H]1C2C(=O)OC.Cl. The molecule has 1 fully saturated rings. The maximum Gasteiger partial charge on any atom is 0.310 e. The number of hydrogen-bond acceptors (Lipinski definition) is 4. The van der Waals surface area contributed by atoms with E-state index in [-0.39, 0.29) is 42.0 Å². The summed E-state index contributed by atoms with van der Waals surface area (Å²) in [4.78, 5) is 31.3. The summed E-state index contributed by atoms with van der Waals surface area (Å²) >= 11 is 0. The molecule has 2 heterocycles. The number of para-hydroxylation sites is 1. The van der Waals surface area contributed by atoms with E-state index in [4.69, 9.17) is 4.74 Å². The van der Waals surface area contributed by atoms with Gasteiger partial charge < -0.3 is 9.72 Å². The summed E-state index contributed by atoms with van der Waals surface area (Å²) in [5, 5.41) is 1.07. The lowest BCUT2D eigenvalue weighted by atomic mass is 9.70. The smallest absolute Gasteiger partial charge is 0.310 e. The molecule has 0 saturated carbocycles. The predicted octanol–water partition coefficient (Wildman–Crippen LogP) is 3.38. The Hall–Kier alpha value is -2.11. The van der Waals surface area contributed by atoms with Crippen LogP contribution in [0.5, 0.6) is 0 Å². The maximum atomic E-state index is 13.1. The number of carbonyl (C=O) groups excluding carboxylic acids is 2. The zero-order valence-electron chi connectivity index (χ0n) is 15.8. The second-order valence-electron chi connectivity index (χ2n) is 7.36. The standard InChI is InChI=1S/C21H24N2O3.ClH/c1-4-12-11-23(2)17-9-15-13-7-5-6-8-16(13)22-20(15)18(24)10-14(12)19(17)21(25)26-3;/h4-8,14,17,19,22H,9-11H2,1-3H3;1H/b12-4-;/t14-,17-,19?;/m0./s1. The molecule has 2 bridgehead atoms. The first-order valence-electron chi connectivity index (χ1n) is 9.11. The number of aromatic nitrogens is 1. The molecule has 27 heavy (non-hydrogen) atoms. The third-order valence-corrected chi connectivity index (χ3v) is 6.08. The van der Waals surface area contributed by atoms with Crippen molar-refractivity contribution in [3.05, 3.63) is 47.2 Å². The quantitative estimate of drug-likeness (QED) is 0.601. The molecule has 1 unspecified atom stereocenters. The van der Waals surface area contributed by atoms with Gasteiger partial charge in [0.2, 0.25) is 0 Å². The van der Waals surface area contributed by atoms with E-state index in [2.05, 4.69) is 16.9 Å². The Labute approximate surface area is 165 Å². The normalized spacial score (nSPS) is 26.9. The number of esters is 1. The van der Waals surface area contributed by atoms with Crippen LogP contribution < -0.4 is 0 Å². The minimum absolute atomic E-state index is 0. The van der Waals surface area contributed by atoms with Crippen LogP contribution >= 0.6 is 12.4 Å². The zero-order valence-corrected chi connectivity index (χ0v) is 16.6. The van der Waals surface area contributed by atoms with Crippen LogP contribution in [-0.4, -0.2) is 48.4 Å². The van der Waals surface area contributed by atoms with E-state index in [0.29, 0.717) is 18.5 Å². The number of benzene rings is 1. The molecule has 4 rings (SSSR count). The molecular weight excluding hydrogens is 364 g/mol. The third kappa shape index (κ3) is 3.09. The molecule has 1 aromatic carbocycles. The van der Waals surface area contributed by atoms with Crippen LogP contribution in [0.1, 0.15) is 29.4 Å². The number of halogens is 1. The van der Waals surface area contributed by atoms with Gasteiger partial charge in [0.15, 0.2) is 5.78 Å². The molecule has 1 aromatic heterocycles. The van der Waals surface area contributed by atoms with Gasteiger partial charge in [-0.05, 0) is 32.0 Å². The Morgan fingerprint density at radius 3 is 2.74 bits per heavy atom. The first kappa shape index (κ1) is 19.6. The van der Waals surface area contributed by atoms with Gasteiger partial charge >= 0.3 is 5.97 Å². The molecule has 1 aliphatic heterocycles. The number of Topliss-reactive ketones (excluding diaryl/α,β-unsaturated/α-hetero) is 1. The van der Waals surface area contributed by atoms with Gasteiger partial charge in [0.1, 0.15) is 0 Å². The van der Waals surface area contributed by atoms with Crippen molar-refractivity contribution in [2.24, 2.45) is 11.8 Å². The molecule has 0 amide bonds. The predicted molar refractivity (Wildman–Crippen MR) is 107 cm³/mol. The molecule has 5 nitrogen and oxygen atoms in total. The van der Waals surface area contributed by atoms with Crippen LogP contribution in [0.3, 0.4) is 0 Å². The Balaban J connectivity index is 0.00000210. The molecule has 2 aromatic rings. The van der Waals surface area contributed by atoms with Gasteiger partial charge in [-0.3, -0.25) is 14.5 Å². The van der Waals surface area contributed by atoms with Crippen molar-refractivity contribution in [2.45, 2.75) is 25.8 Å². The first-order chi connectivity index (χ1) is 12.5. The van der Waals surface area contributed by atoms with Gasteiger partial charge in [-0.15, -0.1) is 12.4 Å². The third-order valence-electron chi connectivity index (χ3n) is 6.08. The summed E-state index contributed by atoms with van der Waals surface area (Å²) in [5.41, 5.74) is 3.85. The highest BCUT2D eigenvalue weighted by atomic mass is 35.5. The summed E-state index contributed by atoms with van der Waals surface area (Å²) < 4.78 is 5.14. The van der Waals surface area contributed by atoms with Gasteiger partial charge in [0.05, 0.1) is 18.7 Å². The topological polar surface area (TPSA) is 62.4 Å². The van der Waals surface area contributed by atoms with E-state index < -0.39 is 0 Å².